The first-order valence-corrected chi connectivity index (χ1v) is 6.71. The number of anilines is 1. The highest BCUT2D eigenvalue weighted by Gasteiger charge is 2.10. The normalized spacial score (nSPS) is 15.4. The number of rotatable bonds is 3. The van der Waals surface area contributed by atoms with Crippen LogP contribution in [0.25, 0.3) is 0 Å². The fraction of sp³-hybridized carbons (Fsp3) is 0.533. The minimum Gasteiger partial charge on any atom is -0.385 e. The summed E-state index contributed by atoms with van der Waals surface area (Å²) in [7, 11) is 0. The molecule has 1 aliphatic rings. The highest BCUT2D eigenvalue weighted by atomic mass is 16.1. The lowest BCUT2D eigenvalue weighted by atomic mass is 9.98. The Morgan fingerprint density at radius 2 is 2.18 bits per heavy atom. The van der Waals surface area contributed by atoms with E-state index in [2.05, 4.69) is 11.4 Å². The maximum atomic E-state index is 11.9. The second-order valence-corrected chi connectivity index (χ2v) is 4.78. The number of carbonyl (C=O) groups is 1. The smallest absolute Gasteiger partial charge is 0.162 e. The summed E-state index contributed by atoms with van der Waals surface area (Å²) in [5.74, 6) is 0.263. The molecule has 2 heteroatoms. The van der Waals surface area contributed by atoms with Gasteiger partial charge in [0.1, 0.15) is 0 Å². The zero-order chi connectivity index (χ0) is 12.1. The van der Waals surface area contributed by atoms with Gasteiger partial charge in [0.25, 0.3) is 0 Å². The summed E-state index contributed by atoms with van der Waals surface area (Å²) >= 11 is 0. The first kappa shape index (κ1) is 12.2. The van der Waals surface area contributed by atoms with Gasteiger partial charge in [-0.15, -0.1) is 0 Å². The van der Waals surface area contributed by atoms with Gasteiger partial charge >= 0.3 is 0 Å². The molecule has 0 atom stereocenters. The minimum absolute atomic E-state index is 0.263. The molecule has 0 saturated carbocycles. The Bertz CT molecular complexity index is 398. The first-order valence-electron chi connectivity index (χ1n) is 6.71. The van der Waals surface area contributed by atoms with Crippen molar-refractivity contribution in [3.63, 3.8) is 0 Å². The summed E-state index contributed by atoms with van der Waals surface area (Å²) in [5.41, 5.74) is 3.39. The number of fused-ring (bicyclic) bond motifs is 1. The third-order valence-electron chi connectivity index (χ3n) is 3.35. The van der Waals surface area contributed by atoms with E-state index >= 15 is 0 Å². The fourth-order valence-corrected chi connectivity index (χ4v) is 2.34. The van der Waals surface area contributed by atoms with Crippen LogP contribution in [0, 0.1) is 0 Å². The Hall–Kier alpha value is -1.31. The maximum Gasteiger partial charge on any atom is 0.162 e. The molecule has 0 saturated heterocycles. The molecule has 1 heterocycles. The van der Waals surface area contributed by atoms with Crippen molar-refractivity contribution in [1.29, 1.82) is 0 Å². The molecule has 17 heavy (non-hydrogen) atoms. The maximum absolute atomic E-state index is 11.9. The van der Waals surface area contributed by atoms with Crippen LogP contribution in [0.4, 0.5) is 5.69 Å². The number of carbonyl (C=O) groups excluding carboxylic acids is 1. The molecule has 0 radical (unpaired) electrons. The van der Waals surface area contributed by atoms with Crippen LogP contribution in [0.2, 0.25) is 0 Å². The van der Waals surface area contributed by atoms with E-state index in [0.29, 0.717) is 6.42 Å². The van der Waals surface area contributed by atoms with Crippen molar-refractivity contribution >= 4 is 11.5 Å². The van der Waals surface area contributed by atoms with Gasteiger partial charge in [-0.2, -0.15) is 0 Å². The topological polar surface area (TPSA) is 29.1 Å². The Kier molecular flexibility index (Phi) is 4.18. The number of hydrogen-bond donors (Lipinski definition) is 1. The summed E-state index contributed by atoms with van der Waals surface area (Å²) in [6.45, 7) is 3.07. The zero-order valence-corrected chi connectivity index (χ0v) is 10.6. The number of ketones is 1. The van der Waals surface area contributed by atoms with Crippen LogP contribution in [0.3, 0.4) is 0 Å². The Labute approximate surface area is 103 Å². The summed E-state index contributed by atoms with van der Waals surface area (Å²) in [4.78, 5) is 11.9. The molecule has 0 amide bonds. The van der Waals surface area contributed by atoms with Crippen LogP contribution in [-0.2, 0) is 6.42 Å². The highest BCUT2D eigenvalue weighted by molar-refractivity contribution is 5.97. The van der Waals surface area contributed by atoms with Crippen LogP contribution >= 0.6 is 0 Å². The molecule has 0 bridgehead atoms. The van der Waals surface area contributed by atoms with Crippen molar-refractivity contribution in [2.75, 3.05) is 11.9 Å². The molecular formula is C15H21NO. The van der Waals surface area contributed by atoms with E-state index in [1.807, 2.05) is 19.1 Å². The molecule has 0 unspecified atom stereocenters. The van der Waals surface area contributed by atoms with E-state index in [4.69, 9.17) is 0 Å². The summed E-state index contributed by atoms with van der Waals surface area (Å²) in [6.07, 6.45) is 6.49. The molecule has 2 nitrogen and oxygen atoms in total. The second kappa shape index (κ2) is 5.85. The van der Waals surface area contributed by atoms with Crippen molar-refractivity contribution in [3.8, 4) is 0 Å². The van der Waals surface area contributed by atoms with Crippen molar-refractivity contribution in [2.45, 2.75) is 45.4 Å². The quantitative estimate of drug-likeness (QED) is 0.801. The molecular weight excluding hydrogens is 210 g/mol. The lowest BCUT2D eigenvalue weighted by molar-refractivity contribution is 0.0982. The van der Waals surface area contributed by atoms with Gasteiger partial charge in [-0.25, -0.2) is 0 Å². The van der Waals surface area contributed by atoms with Gasteiger partial charge in [0.05, 0.1) is 0 Å². The third kappa shape index (κ3) is 3.09. The van der Waals surface area contributed by atoms with Crippen LogP contribution in [0.1, 0.15) is 54.9 Å². The third-order valence-corrected chi connectivity index (χ3v) is 3.35. The fourth-order valence-electron chi connectivity index (χ4n) is 2.34. The minimum atomic E-state index is 0.263. The van der Waals surface area contributed by atoms with Crippen molar-refractivity contribution in [3.05, 3.63) is 29.3 Å². The molecule has 0 spiro atoms. The largest absolute Gasteiger partial charge is 0.385 e. The van der Waals surface area contributed by atoms with Crippen LogP contribution < -0.4 is 5.32 Å². The summed E-state index contributed by atoms with van der Waals surface area (Å²) in [6, 6.07) is 6.15. The standard InChI is InChI=1S/C15H21NO/c1-2-6-15(17)13-9-8-12-7-4-3-5-10-16-14(12)11-13/h8-9,11,16H,2-7,10H2,1H3. The van der Waals surface area contributed by atoms with E-state index in [0.717, 1.165) is 24.9 Å². The molecule has 1 aromatic rings. The van der Waals surface area contributed by atoms with Gasteiger partial charge in [-0.3, -0.25) is 4.79 Å². The molecule has 92 valence electrons. The lowest BCUT2D eigenvalue weighted by Gasteiger charge is -2.16. The van der Waals surface area contributed by atoms with Gasteiger partial charge in [0, 0.05) is 24.2 Å². The molecule has 0 fully saturated rings. The Balaban J connectivity index is 2.21. The predicted molar refractivity (Wildman–Crippen MR) is 71.7 cm³/mol. The van der Waals surface area contributed by atoms with E-state index in [1.165, 1.54) is 30.5 Å². The van der Waals surface area contributed by atoms with Crippen molar-refractivity contribution < 1.29 is 4.79 Å². The first-order chi connectivity index (χ1) is 8.31. The SMILES string of the molecule is CCCC(=O)c1ccc2c(c1)NCCCCC2. The van der Waals surface area contributed by atoms with E-state index in [1.54, 1.807) is 0 Å². The molecule has 1 N–H and O–H groups in total. The van der Waals surface area contributed by atoms with E-state index in [9.17, 15) is 4.79 Å². The Morgan fingerprint density at radius 3 is 3.00 bits per heavy atom. The van der Waals surface area contributed by atoms with Gasteiger partial charge < -0.3 is 5.32 Å². The van der Waals surface area contributed by atoms with Gasteiger partial charge in [-0.05, 0) is 37.3 Å². The van der Waals surface area contributed by atoms with Gasteiger partial charge in [0.2, 0.25) is 0 Å². The average molecular weight is 231 g/mol. The van der Waals surface area contributed by atoms with E-state index < -0.39 is 0 Å². The summed E-state index contributed by atoms with van der Waals surface area (Å²) in [5, 5.41) is 3.45. The van der Waals surface area contributed by atoms with E-state index in [-0.39, 0.29) is 5.78 Å². The van der Waals surface area contributed by atoms with Crippen LogP contribution in [0.15, 0.2) is 18.2 Å². The molecule has 0 aromatic heterocycles. The van der Waals surface area contributed by atoms with Crippen molar-refractivity contribution in [2.24, 2.45) is 0 Å². The predicted octanol–water partition coefficient (Wildman–Crippen LogP) is 3.81. The lowest BCUT2D eigenvalue weighted by Crippen LogP contribution is -2.09. The number of aryl methyl sites for hydroxylation is 1. The summed E-state index contributed by atoms with van der Waals surface area (Å²) < 4.78 is 0. The number of benzene rings is 1. The number of hydrogen-bond acceptors (Lipinski definition) is 2. The highest BCUT2D eigenvalue weighted by Crippen LogP contribution is 2.23. The monoisotopic (exact) mass is 231 g/mol. The molecule has 1 aromatic carbocycles. The molecule has 0 aliphatic carbocycles. The molecule has 1 aliphatic heterocycles. The van der Waals surface area contributed by atoms with Gasteiger partial charge in [0.15, 0.2) is 5.78 Å². The number of Topliss-reactive ketones (excluding diaryl/α,β-unsaturated/α-hetero) is 1. The number of nitrogens with one attached hydrogen (secondary N) is 1. The van der Waals surface area contributed by atoms with Crippen LogP contribution in [0.5, 0.6) is 0 Å². The second-order valence-electron chi connectivity index (χ2n) is 4.78. The molecule has 2 rings (SSSR count). The zero-order valence-electron chi connectivity index (χ0n) is 10.6. The van der Waals surface area contributed by atoms with Crippen LogP contribution in [-0.4, -0.2) is 12.3 Å². The van der Waals surface area contributed by atoms with Crippen molar-refractivity contribution in [1.82, 2.24) is 0 Å². The average Bonchev–Trinajstić information content (AvgIpc) is 2.30. The Morgan fingerprint density at radius 1 is 1.29 bits per heavy atom. The van der Waals surface area contributed by atoms with Gasteiger partial charge in [-0.1, -0.05) is 25.5 Å².